The second-order valence-electron chi connectivity index (χ2n) is 7.97. The number of benzene rings is 2. The first-order chi connectivity index (χ1) is 15.1. The van der Waals surface area contributed by atoms with Crippen LogP contribution in [0, 0.1) is 11.7 Å². The van der Waals surface area contributed by atoms with Crippen molar-refractivity contribution in [2.24, 2.45) is 5.92 Å². The molecule has 0 amide bonds. The van der Waals surface area contributed by atoms with E-state index in [2.05, 4.69) is 29.2 Å². The molecule has 2 aromatic rings. The maximum Gasteiger partial charge on any atom is 0.511 e. The Labute approximate surface area is 186 Å². The van der Waals surface area contributed by atoms with Gasteiger partial charge >= 0.3 is 6.16 Å². The number of aryl methyl sites for hydroxylation is 1. The van der Waals surface area contributed by atoms with Crippen molar-refractivity contribution >= 4 is 17.9 Å². The number of allylic oxidation sites excluding steroid dienone is 1. The van der Waals surface area contributed by atoms with Crippen LogP contribution >= 0.6 is 11.8 Å². The molecule has 6 heteroatoms. The number of carbonyl (C=O) groups is 1. The number of halogens is 1. The van der Waals surface area contributed by atoms with Gasteiger partial charge in [0.25, 0.3) is 0 Å². The lowest BCUT2D eigenvalue weighted by Gasteiger charge is -2.31. The summed E-state index contributed by atoms with van der Waals surface area (Å²) in [7, 11) is 0. The normalized spacial score (nSPS) is 16.0. The van der Waals surface area contributed by atoms with Gasteiger partial charge in [0, 0.05) is 13.1 Å². The maximum absolute atomic E-state index is 13.1. The van der Waals surface area contributed by atoms with Gasteiger partial charge in [0.15, 0.2) is 5.76 Å². The first-order valence-electron chi connectivity index (χ1n) is 10.6. The highest BCUT2D eigenvalue weighted by Crippen LogP contribution is 2.33. The molecule has 0 saturated carbocycles. The van der Waals surface area contributed by atoms with Crippen LogP contribution in [-0.4, -0.2) is 35.0 Å². The molecule has 0 radical (unpaired) electrons. The first-order valence-corrected chi connectivity index (χ1v) is 11.6. The molecule has 0 atom stereocenters. The third-order valence-corrected chi connectivity index (χ3v) is 6.89. The van der Waals surface area contributed by atoms with E-state index in [9.17, 15) is 9.18 Å². The van der Waals surface area contributed by atoms with E-state index in [1.807, 2.05) is 18.2 Å². The van der Waals surface area contributed by atoms with E-state index < -0.39 is 6.16 Å². The molecular weight excluding hydrogens is 413 g/mol. The number of ether oxygens (including phenoxy) is 1. The van der Waals surface area contributed by atoms with Gasteiger partial charge in [-0.1, -0.05) is 42.5 Å². The van der Waals surface area contributed by atoms with Gasteiger partial charge in [-0.05, 0) is 72.3 Å². The minimum absolute atomic E-state index is 0.225. The molecule has 1 aliphatic carbocycles. The largest absolute Gasteiger partial charge is 0.511 e. The Hall–Kier alpha value is -2.73. The van der Waals surface area contributed by atoms with Gasteiger partial charge in [-0.15, -0.1) is 11.8 Å². The predicted molar refractivity (Wildman–Crippen MR) is 121 cm³/mol. The Morgan fingerprint density at radius 3 is 2.52 bits per heavy atom. The van der Waals surface area contributed by atoms with Crippen molar-refractivity contribution in [1.82, 2.24) is 4.90 Å². The summed E-state index contributed by atoms with van der Waals surface area (Å²) >= 11 is 1.64. The smallest absolute Gasteiger partial charge is 0.449 e. The highest BCUT2D eigenvalue weighted by atomic mass is 32.2. The average Bonchev–Trinajstić information content (AvgIpc) is 3.16. The van der Waals surface area contributed by atoms with Gasteiger partial charge in [-0.3, -0.25) is 0 Å². The number of fused-ring (bicyclic) bond motifs is 1. The predicted octanol–water partition coefficient (Wildman–Crippen LogP) is 5.64. The van der Waals surface area contributed by atoms with E-state index in [4.69, 9.17) is 9.84 Å². The quantitative estimate of drug-likeness (QED) is 0.426. The van der Waals surface area contributed by atoms with E-state index in [0.717, 1.165) is 55.1 Å². The summed E-state index contributed by atoms with van der Waals surface area (Å²) in [4.78, 5) is 13.5. The lowest BCUT2D eigenvalue weighted by molar-refractivity contribution is 0.119. The summed E-state index contributed by atoms with van der Waals surface area (Å²) in [5, 5.41) is 10.1. The zero-order valence-corrected chi connectivity index (χ0v) is 18.1. The van der Waals surface area contributed by atoms with Crippen LogP contribution in [0.1, 0.15) is 23.1 Å². The van der Waals surface area contributed by atoms with E-state index >= 15 is 0 Å². The Morgan fingerprint density at radius 1 is 1.13 bits per heavy atom. The fourth-order valence-electron chi connectivity index (χ4n) is 4.28. The zero-order valence-electron chi connectivity index (χ0n) is 17.3. The van der Waals surface area contributed by atoms with Gasteiger partial charge in [0.05, 0.1) is 0 Å². The Morgan fingerprint density at radius 2 is 1.84 bits per heavy atom. The van der Waals surface area contributed by atoms with Gasteiger partial charge in [-0.2, -0.15) is 0 Å². The van der Waals surface area contributed by atoms with Gasteiger partial charge in [0.1, 0.15) is 10.8 Å². The van der Waals surface area contributed by atoms with Crippen LogP contribution in [0.3, 0.4) is 0 Å². The highest BCUT2D eigenvalue weighted by Gasteiger charge is 2.27. The molecule has 0 spiro atoms. The van der Waals surface area contributed by atoms with Crippen molar-refractivity contribution in [2.45, 2.75) is 25.7 Å². The molecule has 2 aliphatic rings. The Balaban J connectivity index is 1.39. The van der Waals surface area contributed by atoms with Crippen LogP contribution in [0.2, 0.25) is 0 Å². The van der Waals surface area contributed by atoms with Crippen molar-refractivity contribution in [2.75, 3.05) is 18.8 Å². The van der Waals surface area contributed by atoms with Gasteiger partial charge in [0.2, 0.25) is 0 Å². The zero-order chi connectivity index (χ0) is 21.6. The fraction of sp³-hybridized carbons (Fsp3) is 0.320. The standard InChI is InChI=1S/C25H26FNO3S/c26-22-11-9-18(10-12-22)5-4-14-31-24-23(30-25(28)29)8-3-13-27(24)17-19-15-20-6-1-2-7-21(20)16-19/h1-3,6-12,19H,4-5,13-17H2,(H,28,29). The molecular formula is C25H26FNO3S. The molecule has 0 unspecified atom stereocenters. The summed E-state index contributed by atoms with van der Waals surface area (Å²) in [5.41, 5.74) is 3.93. The summed E-state index contributed by atoms with van der Waals surface area (Å²) in [5.74, 6) is 1.51. The lowest BCUT2D eigenvalue weighted by atomic mass is 10.1. The van der Waals surface area contributed by atoms with Crippen LogP contribution in [0.25, 0.3) is 0 Å². The minimum atomic E-state index is -1.29. The Kier molecular flexibility index (Phi) is 6.97. The number of carboxylic acid groups (broad SMARTS) is 1. The molecule has 2 aromatic carbocycles. The van der Waals surface area contributed by atoms with Crippen LogP contribution in [0.4, 0.5) is 9.18 Å². The molecule has 1 aliphatic heterocycles. The lowest BCUT2D eigenvalue weighted by Crippen LogP contribution is -2.32. The summed E-state index contributed by atoms with van der Waals surface area (Å²) in [6.07, 6.45) is 6.29. The van der Waals surface area contributed by atoms with Crippen molar-refractivity contribution in [3.8, 4) is 0 Å². The highest BCUT2D eigenvalue weighted by molar-refractivity contribution is 8.03. The van der Waals surface area contributed by atoms with E-state index in [1.165, 1.54) is 23.3 Å². The van der Waals surface area contributed by atoms with E-state index in [-0.39, 0.29) is 5.82 Å². The molecule has 4 rings (SSSR count). The van der Waals surface area contributed by atoms with Crippen LogP contribution in [-0.2, 0) is 24.0 Å². The monoisotopic (exact) mass is 439 g/mol. The molecule has 1 heterocycles. The van der Waals surface area contributed by atoms with Gasteiger partial charge in [-0.25, -0.2) is 9.18 Å². The second-order valence-corrected chi connectivity index (χ2v) is 9.05. The molecule has 1 N–H and O–H groups in total. The number of thioether (sulfide) groups is 1. The number of hydrogen-bond donors (Lipinski definition) is 1. The summed E-state index contributed by atoms with van der Waals surface area (Å²) in [6, 6.07) is 15.2. The van der Waals surface area contributed by atoms with Crippen LogP contribution in [0.5, 0.6) is 0 Å². The second kappa shape index (κ2) is 10.1. The molecule has 4 nitrogen and oxygen atoms in total. The average molecular weight is 440 g/mol. The van der Waals surface area contributed by atoms with Crippen molar-refractivity contribution < 1.29 is 19.0 Å². The first kappa shape index (κ1) is 21.5. The molecule has 0 saturated heterocycles. The molecule has 0 aromatic heterocycles. The SMILES string of the molecule is O=C(O)OC1=C(SCCCc2ccc(F)cc2)N(CC2Cc3ccccc3C2)CC=C1. The Bertz CT molecular complexity index is 962. The molecule has 162 valence electrons. The minimum Gasteiger partial charge on any atom is -0.449 e. The number of nitrogens with zero attached hydrogens (tertiary/aromatic N) is 1. The molecule has 0 bridgehead atoms. The topological polar surface area (TPSA) is 49.8 Å². The van der Waals surface area contributed by atoms with Crippen molar-refractivity contribution in [3.63, 3.8) is 0 Å². The summed E-state index contributed by atoms with van der Waals surface area (Å²) in [6.45, 7) is 1.62. The van der Waals surface area contributed by atoms with E-state index in [1.54, 1.807) is 17.8 Å². The molecule has 31 heavy (non-hydrogen) atoms. The van der Waals surface area contributed by atoms with Crippen LogP contribution < -0.4 is 0 Å². The van der Waals surface area contributed by atoms with Crippen molar-refractivity contribution in [1.29, 1.82) is 0 Å². The maximum atomic E-state index is 13.1. The van der Waals surface area contributed by atoms with E-state index in [0.29, 0.717) is 11.7 Å². The third-order valence-electron chi connectivity index (χ3n) is 5.67. The fourth-order valence-corrected chi connectivity index (χ4v) is 5.34. The molecule has 0 fully saturated rings. The van der Waals surface area contributed by atoms with Gasteiger partial charge < -0.3 is 14.7 Å². The summed E-state index contributed by atoms with van der Waals surface area (Å²) < 4.78 is 18.2. The number of hydrogen-bond acceptors (Lipinski definition) is 4. The van der Waals surface area contributed by atoms with Crippen LogP contribution in [0.15, 0.2) is 71.5 Å². The number of rotatable bonds is 8. The van der Waals surface area contributed by atoms with Crippen molar-refractivity contribution in [3.05, 3.63) is 94.0 Å². The third kappa shape index (κ3) is 5.70.